The SMILES string of the molecule is CC(C)(O)c1cc(-c2ccnc3cc(-c4ccc(SP(F)F)cc4)oc23)ccn1. The number of pyridine rings is 2. The van der Waals surface area contributed by atoms with E-state index in [2.05, 4.69) is 9.97 Å². The van der Waals surface area contributed by atoms with E-state index >= 15 is 0 Å². The second kappa shape index (κ2) is 7.82. The quantitative estimate of drug-likeness (QED) is 0.344. The summed E-state index contributed by atoms with van der Waals surface area (Å²) in [5.41, 5.74) is 3.28. The Kier molecular flexibility index (Phi) is 5.38. The molecular formula is C21H17F2N2O2PS. The average molecular weight is 430 g/mol. The lowest BCUT2D eigenvalue weighted by Gasteiger charge is -2.17. The summed E-state index contributed by atoms with van der Waals surface area (Å²) in [7, 11) is -3.04. The van der Waals surface area contributed by atoms with Crippen LogP contribution in [0.1, 0.15) is 19.5 Å². The lowest BCUT2D eigenvalue weighted by molar-refractivity contribution is 0.0739. The predicted molar refractivity (Wildman–Crippen MR) is 113 cm³/mol. The van der Waals surface area contributed by atoms with Gasteiger partial charge in [-0.2, -0.15) is 8.39 Å². The number of aromatic nitrogens is 2. The Morgan fingerprint density at radius 2 is 1.69 bits per heavy atom. The summed E-state index contributed by atoms with van der Waals surface area (Å²) < 4.78 is 31.2. The summed E-state index contributed by atoms with van der Waals surface area (Å²) in [6.45, 7) is 3.37. The molecule has 0 radical (unpaired) electrons. The van der Waals surface area contributed by atoms with Crippen LogP contribution >= 0.6 is 19.1 Å². The van der Waals surface area contributed by atoms with Gasteiger partial charge in [-0.15, -0.1) is 0 Å². The number of rotatable bonds is 5. The zero-order valence-corrected chi connectivity index (χ0v) is 17.3. The molecule has 4 nitrogen and oxygen atoms in total. The molecule has 0 saturated carbocycles. The molecular weight excluding hydrogens is 413 g/mol. The lowest BCUT2D eigenvalue weighted by atomic mass is 10.00. The topological polar surface area (TPSA) is 59.2 Å². The van der Waals surface area contributed by atoms with Crippen molar-refractivity contribution in [3.8, 4) is 22.5 Å². The summed E-state index contributed by atoms with van der Waals surface area (Å²) in [5, 5.41) is 10.3. The van der Waals surface area contributed by atoms with E-state index in [1.54, 1.807) is 50.5 Å². The normalized spacial score (nSPS) is 12.1. The van der Waals surface area contributed by atoms with Gasteiger partial charge in [0.15, 0.2) is 5.58 Å². The van der Waals surface area contributed by atoms with Gasteiger partial charge in [0.05, 0.1) is 5.69 Å². The van der Waals surface area contributed by atoms with Gasteiger partial charge in [-0.3, -0.25) is 9.97 Å². The fourth-order valence-electron chi connectivity index (χ4n) is 3.00. The maximum atomic E-state index is 12.6. The van der Waals surface area contributed by atoms with Crippen molar-refractivity contribution >= 4 is 30.2 Å². The van der Waals surface area contributed by atoms with Gasteiger partial charge >= 0.3 is 7.74 Å². The van der Waals surface area contributed by atoms with E-state index in [4.69, 9.17) is 4.42 Å². The molecule has 4 rings (SSSR count). The molecule has 0 aliphatic heterocycles. The lowest BCUT2D eigenvalue weighted by Crippen LogP contribution is -2.17. The molecule has 0 spiro atoms. The average Bonchev–Trinajstić information content (AvgIpc) is 3.12. The minimum atomic E-state index is -3.04. The highest BCUT2D eigenvalue weighted by molar-refractivity contribution is 8.52. The van der Waals surface area contributed by atoms with Crippen molar-refractivity contribution in [2.75, 3.05) is 0 Å². The molecule has 1 aromatic carbocycles. The van der Waals surface area contributed by atoms with Crippen molar-refractivity contribution in [3.63, 3.8) is 0 Å². The van der Waals surface area contributed by atoms with Crippen molar-refractivity contribution in [2.45, 2.75) is 24.3 Å². The van der Waals surface area contributed by atoms with E-state index in [9.17, 15) is 13.5 Å². The number of benzene rings is 1. The molecule has 0 saturated heterocycles. The van der Waals surface area contributed by atoms with Crippen LogP contribution in [0.5, 0.6) is 0 Å². The molecule has 0 aliphatic carbocycles. The van der Waals surface area contributed by atoms with Gasteiger partial charge in [0.1, 0.15) is 16.9 Å². The zero-order chi connectivity index (χ0) is 20.6. The van der Waals surface area contributed by atoms with E-state index in [-0.39, 0.29) is 0 Å². The first-order valence-corrected chi connectivity index (χ1v) is 11.3. The zero-order valence-electron chi connectivity index (χ0n) is 15.6. The van der Waals surface area contributed by atoms with E-state index in [0.29, 0.717) is 38.8 Å². The Morgan fingerprint density at radius 1 is 0.966 bits per heavy atom. The number of hydrogen-bond donors (Lipinski definition) is 1. The molecule has 0 unspecified atom stereocenters. The third-order valence-corrected chi connectivity index (χ3v) is 6.09. The van der Waals surface area contributed by atoms with Crippen LogP contribution in [-0.4, -0.2) is 15.1 Å². The van der Waals surface area contributed by atoms with Gasteiger partial charge in [0.25, 0.3) is 0 Å². The van der Waals surface area contributed by atoms with Crippen molar-refractivity contribution in [1.82, 2.24) is 9.97 Å². The minimum absolute atomic E-state index is 0.524. The number of fused-ring (bicyclic) bond motifs is 1. The maximum absolute atomic E-state index is 12.6. The molecule has 1 N–H and O–H groups in total. The second-order valence-corrected chi connectivity index (χ2v) is 9.42. The largest absolute Gasteiger partial charge is 0.454 e. The summed E-state index contributed by atoms with van der Waals surface area (Å²) >= 11 is 0.572. The summed E-state index contributed by atoms with van der Waals surface area (Å²) in [5.74, 6) is 0.607. The number of halogens is 2. The van der Waals surface area contributed by atoms with Crippen LogP contribution in [-0.2, 0) is 5.60 Å². The monoisotopic (exact) mass is 430 g/mol. The first kappa shape index (κ1) is 20.0. The molecule has 8 heteroatoms. The Morgan fingerprint density at radius 3 is 2.38 bits per heavy atom. The maximum Gasteiger partial charge on any atom is 0.332 e. The first-order valence-electron chi connectivity index (χ1n) is 8.79. The minimum Gasteiger partial charge on any atom is -0.454 e. The predicted octanol–water partition coefficient (Wildman–Crippen LogP) is 7.04. The Bertz CT molecular complexity index is 1160. The highest BCUT2D eigenvalue weighted by atomic mass is 32.7. The van der Waals surface area contributed by atoms with Crippen LogP contribution in [0.3, 0.4) is 0 Å². The van der Waals surface area contributed by atoms with E-state index in [1.807, 2.05) is 24.3 Å². The number of aliphatic hydroxyl groups is 1. The van der Waals surface area contributed by atoms with Gasteiger partial charge in [-0.25, -0.2) is 0 Å². The molecule has 3 aromatic heterocycles. The molecule has 148 valence electrons. The summed E-state index contributed by atoms with van der Waals surface area (Å²) in [6.07, 6.45) is 3.35. The van der Waals surface area contributed by atoms with Crippen LogP contribution in [0, 0.1) is 0 Å². The van der Waals surface area contributed by atoms with Crippen molar-refractivity contribution < 1.29 is 17.9 Å². The van der Waals surface area contributed by atoms with Crippen molar-refractivity contribution in [1.29, 1.82) is 0 Å². The van der Waals surface area contributed by atoms with Crippen LogP contribution < -0.4 is 0 Å². The van der Waals surface area contributed by atoms with E-state index in [0.717, 1.165) is 16.7 Å². The Balaban J connectivity index is 1.75. The number of hydrogen-bond acceptors (Lipinski definition) is 5. The number of nitrogens with zero attached hydrogens (tertiary/aromatic N) is 2. The highest BCUT2D eigenvalue weighted by Gasteiger charge is 2.19. The molecule has 0 bridgehead atoms. The Hall–Kier alpha value is -2.34. The van der Waals surface area contributed by atoms with Gasteiger partial charge in [-0.05, 0) is 61.1 Å². The van der Waals surface area contributed by atoms with E-state index in [1.165, 1.54) is 0 Å². The van der Waals surface area contributed by atoms with Crippen LogP contribution in [0.15, 0.2) is 70.2 Å². The third-order valence-electron chi connectivity index (χ3n) is 4.42. The smallest absolute Gasteiger partial charge is 0.332 e. The Labute approximate surface area is 171 Å². The van der Waals surface area contributed by atoms with Crippen LogP contribution in [0.4, 0.5) is 8.39 Å². The summed E-state index contributed by atoms with van der Waals surface area (Å²) in [6, 6.07) is 14.2. The van der Waals surface area contributed by atoms with Crippen LogP contribution in [0.2, 0.25) is 0 Å². The van der Waals surface area contributed by atoms with Gasteiger partial charge in [0, 0.05) is 34.5 Å². The van der Waals surface area contributed by atoms with Gasteiger partial charge in [-0.1, -0.05) is 12.1 Å². The van der Waals surface area contributed by atoms with Gasteiger partial charge in [0.2, 0.25) is 0 Å². The highest BCUT2D eigenvalue weighted by Crippen LogP contribution is 2.56. The molecule has 0 aliphatic rings. The fraction of sp³-hybridized carbons (Fsp3) is 0.143. The first-order chi connectivity index (χ1) is 13.8. The molecule has 29 heavy (non-hydrogen) atoms. The standard InChI is InChI=1S/C21H17F2N2O2PS/c1-21(2,26)19-11-14(7-9-25-19)16-8-10-24-17-12-18(27-20(16)17)13-3-5-15(6-4-13)29-28(22)23/h3-12,26H,1-2H3. The van der Waals surface area contributed by atoms with Gasteiger partial charge < -0.3 is 9.52 Å². The van der Waals surface area contributed by atoms with Crippen molar-refractivity contribution in [2.24, 2.45) is 0 Å². The number of furan rings is 1. The molecule has 0 fully saturated rings. The molecule has 0 amide bonds. The van der Waals surface area contributed by atoms with Crippen molar-refractivity contribution in [3.05, 3.63) is 66.6 Å². The molecule has 3 heterocycles. The molecule has 4 aromatic rings. The van der Waals surface area contributed by atoms with Crippen LogP contribution in [0.25, 0.3) is 33.6 Å². The fourth-order valence-corrected chi connectivity index (χ4v) is 4.26. The van der Waals surface area contributed by atoms with E-state index < -0.39 is 13.3 Å². The second-order valence-electron chi connectivity index (χ2n) is 6.99. The molecule has 0 atom stereocenters. The summed E-state index contributed by atoms with van der Waals surface area (Å²) in [4.78, 5) is 9.15. The third kappa shape index (κ3) is 4.32.